The van der Waals surface area contributed by atoms with E-state index in [4.69, 9.17) is 21.1 Å². The highest BCUT2D eigenvalue weighted by Gasteiger charge is 2.13. The number of nitrogens with one attached hydrogen (secondary N) is 1. The van der Waals surface area contributed by atoms with E-state index in [0.29, 0.717) is 22.0 Å². The second-order valence-corrected chi connectivity index (χ2v) is 6.60. The molecule has 148 valence electrons. The van der Waals surface area contributed by atoms with Crippen LogP contribution in [0.5, 0.6) is 5.75 Å². The van der Waals surface area contributed by atoms with Crippen LogP contribution >= 0.6 is 11.6 Å². The molecule has 0 radical (unpaired) electrons. The van der Waals surface area contributed by atoms with Gasteiger partial charge in [-0.05, 0) is 31.2 Å². The van der Waals surface area contributed by atoms with E-state index in [1.807, 2.05) is 24.3 Å². The van der Waals surface area contributed by atoms with Crippen LogP contribution in [-0.4, -0.2) is 30.9 Å². The van der Waals surface area contributed by atoms with Crippen LogP contribution < -0.4 is 10.1 Å². The lowest BCUT2D eigenvalue weighted by atomic mass is 10.1. The summed E-state index contributed by atoms with van der Waals surface area (Å²) in [5.41, 5.74) is 0.745. The lowest BCUT2D eigenvalue weighted by molar-refractivity contribution is -0.149. The van der Waals surface area contributed by atoms with Gasteiger partial charge in [-0.3, -0.25) is 9.59 Å². The van der Waals surface area contributed by atoms with Crippen molar-refractivity contribution in [3.05, 3.63) is 71.2 Å². The summed E-state index contributed by atoms with van der Waals surface area (Å²) in [5.74, 6) is -0.939. The summed E-state index contributed by atoms with van der Waals surface area (Å²) in [6.07, 6.45) is 0. The number of carbonyl (C=O) groups is 3. The summed E-state index contributed by atoms with van der Waals surface area (Å²) < 4.78 is 10.5. The number of ketones is 1. The summed E-state index contributed by atoms with van der Waals surface area (Å²) >= 11 is 6.16. The van der Waals surface area contributed by atoms with Crippen molar-refractivity contribution in [1.82, 2.24) is 0 Å². The number of hydrogen-bond acceptors (Lipinski definition) is 5. The standard InChI is InChI=1S/C22H18ClNO5/c1-14(25)15-6-4-5-9-19(15)24-21(26)12-29-22(27)13-28-20-11-10-18(23)16-7-2-3-8-17(16)20/h2-11H,12-13H2,1H3,(H,24,26). The van der Waals surface area contributed by atoms with E-state index in [2.05, 4.69) is 5.32 Å². The fourth-order valence-corrected chi connectivity index (χ4v) is 3.00. The number of amides is 1. The third-order valence-electron chi connectivity index (χ3n) is 4.12. The maximum absolute atomic E-state index is 12.0. The molecule has 6 nitrogen and oxygen atoms in total. The lowest BCUT2D eigenvalue weighted by Crippen LogP contribution is -2.24. The van der Waals surface area contributed by atoms with Gasteiger partial charge in [0, 0.05) is 21.4 Å². The Morgan fingerprint density at radius 2 is 1.59 bits per heavy atom. The van der Waals surface area contributed by atoms with Crippen LogP contribution in [0.3, 0.4) is 0 Å². The third-order valence-corrected chi connectivity index (χ3v) is 4.45. The molecule has 7 heteroatoms. The van der Waals surface area contributed by atoms with Gasteiger partial charge >= 0.3 is 5.97 Å². The van der Waals surface area contributed by atoms with Gasteiger partial charge in [-0.25, -0.2) is 4.79 Å². The molecule has 0 unspecified atom stereocenters. The van der Waals surface area contributed by atoms with E-state index in [0.717, 1.165) is 10.8 Å². The Hall–Kier alpha value is -3.38. The molecule has 3 aromatic rings. The SMILES string of the molecule is CC(=O)c1ccccc1NC(=O)COC(=O)COc1ccc(Cl)c2ccccc12. The first-order valence-corrected chi connectivity index (χ1v) is 9.19. The van der Waals surface area contributed by atoms with Crippen LogP contribution in [-0.2, 0) is 14.3 Å². The van der Waals surface area contributed by atoms with Gasteiger partial charge in [0.15, 0.2) is 19.0 Å². The van der Waals surface area contributed by atoms with Gasteiger partial charge < -0.3 is 14.8 Å². The van der Waals surface area contributed by atoms with Crippen molar-refractivity contribution in [2.24, 2.45) is 0 Å². The molecule has 0 aliphatic rings. The zero-order valence-corrected chi connectivity index (χ0v) is 16.4. The number of benzene rings is 3. The number of anilines is 1. The molecule has 1 amide bonds. The molecule has 3 aromatic carbocycles. The van der Waals surface area contributed by atoms with Gasteiger partial charge in [-0.1, -0.05) is 48.0 Å². The van der Waals surface area contributed by atoms with Crippen molar-refractivity contribution in [2.75, 3.05) is 18.5 Å². The zero-order chi connectivity index (χ0) is 20.8. The zero-order valence-electron chi connectivity index (χ0n) is 15.6. The van der Waals surface area contributed by atoms with Gasteiger partial charge in [-0.2, -0.15) is 0 Å². The van der Waals surface area contributed by atoms with Crippen molar-refractivity contribution in [3.63, 3.8) is 0 Å². The molecule has 0 atom stereocenters. The topological polar surface area (TPSA) is 81.7 Å². The van der Waals surface area contributed by atoms with Crippen LogP contribution in [0.2, 0.25) is 5.02 Å². The van der Waals surface area contributed by atoms with E-state index in [-0.39, 0.29) is 12.4 Å². The van der Waals surface area contributed by atoms with Crippen LogP contribution in [0.4, 0.5) is 5.69 Å². The molecule has 0 spiro atoms. The Morgan fingerprint density at radius 1 is 0.897 bits per heavy atom. The monoisotopic (exact) mass is 411 g/mol. The fourth-order valence-electron chi connectivity index (χ4n) is 2.77. The van der Waals surface area contributed by atoms with Crippen molar-refractivity contribution in [2.45, 2.75) is 6.92 Å². The summed E-state index contributed by atoms with van der Waals surface area (Å²) in [6.45, 7) is 0.557. The van der Waals surface area contributed by atoms with Crippen LogP contribution in [0, 0.1) is 0 Å². The number of Topliss-reactive ketones (excluding diaryl/α,β-unsaturated/α-hetero) is 1. The highest BCUT2D eigenvalue weighted by molar-refractivity contribution is 6.35. The van der Waals surface area contributed by atoms with Crippen molar-refractivity contribution in [3.8, 4) is 5.75 Å². The number of esters is 1. The van der Waals surface area contributed by atoms with Gasteiger partial charge in [-0.15, -0.1) is 0 Å². The number of para-hydroxylation sites is 1. The van der Waals surface area contributed by atoms with E-state index in [1.54, 1.807) is 36.4 Å². The molecule has 0 aromatic heterocycles. The normalized spacial score (nSPS) is 10.4. The highest BCUT2D eigenvalue weighted by atomic mass is 35.5. The quantitative estimate of drug-likeness (QED) is 0.464. The minimum Gasteiger partial charge on any atom is -0.481 e. The largest absolute Gasteiger partial charge is 0.481 e. The first-order chi connectivity index (χ1) is 14.0. The molecule has 0 aliphatic heterocycles. The predicted octanol–water partition coefficient (Wildman–Crippen LogP) is 4.26. The molecule has 29 heavy (non-hydrogen) atoms. The molecular weight excluding hydrogens is 394 g/mol. The number of fused-ring (bicyclic) bond motifs is 1. The third kappa shape index (κ3) is 5.12. The minimum absolute atomic E-state index is 0.179. The minimum atomic E-state index is -0.695. The van der Waals surface area contributed by atoms with E-state index in [1.165, 1.54) is 6.92 Å². The molecule has 0 fully saturated rings. The van der Waals surface area contributed by atoms with E-state index >= 15 is 0 Å². The van der Waals surface area contributed by atoms with E-state index in [9.17, 15) is 14.4 Å². The number of hydrogen-bond donors (Lipinski definition) is 1. The Kier molecular flexibility index (Phi) is 6.46. The van der Waals surface area contributed by atoms with Gasteiger partial charge in [0.2, 0.25) is 0 Å². The second-order valence-electron chi connectivity index (χ2n) is 6.19. The Bertz CT molecular complexity index is 1080. The van der Waals surface area contributed by atoms with Gasteiger partial charge in [0.05, 0.1) is 5.69 Å². The average Bonchev–Trinajstić information content (AvgIpc) is 2.72. The molecule has 0 bridgehead atoms. The number of ether oxygens (including phenoxy) is 2. The summed E-state index contributed by atoms with van der Waals surface area (Å²) in [6, 6.07) is 17.3. The summed E-state index contributed by atoms with van der Waals surface area (Å²) in [4.78, 5) is 35.6. The van der Waals surface area contributed by atoms with Crippen LogP contribution in [0.25, 0.3) is 10.8 Å². The molecule has 0 aliphatic carbocycles. The van der Waals surface area contributed by atoms with Crippen molar-refractivity contribution in [1.29, 1.82) is 0 Å². The predicted molar refractivity (Wildman–Crippen MR) is 110 cm³/mol. The van der Waals surface area contributed by atoms with Crippen LogP contribution in [0.15, 0.2) is 60.7 Å². The summed E-state index contributed by atoms with van der Waals surface area (Å²) in [5, 5.41) is 4.72. The van der Waals surface area contributed by atoms with Crippen molar-refractivity contribution >= 4 is 45.7 Å². The Balaban J connectivity index is 1.54. The van der Waals surface area contributed by atoms with Crippen molar-refractivity contribution < 1.29 is 23.9 Å². The molecule has 0 saturated carbocycles. The lowest BCUT2D eigenvalue weighted by Gasteiger charge is -2.11. The first-order valence-electron chi connectivity index (χ1n) is 8.81. The maximum atomic E-state index is 12.0. The number of halogens is 1. The Morgan fingerprint density at radius 3 is 2.34 bits per heavy atom. The molecule has 0 saturated heterocycles. The smallest absolute Gasteiger partial charge is 0.344 e. The maximum Gasteiger partial charge on any atom is 0.344 e. The molecule has 3 rings (SSSR count). The molecule has 0 heterocycles. The number of rotatable bonds is 7. The fraction of sp³-hybridized carbons (Fsp3) is 0.136. The average molecular weight is 412 g/mol. The summed E-state index contributed by atoms with van der Waals surface area (Å²) in [7, 11) is 0. The van der Waals surface area contributed by atoms with Crippen LogP contribution in [0.1, 0.15) is 17.3 Å². The van der Waals surface area contributed by atoms with Gasteiger partial charge in [0.1, 0.15) is 5.75 Å². The van der Waals surface area contributed by atoms with Gasteiger partial charge in [0.25, 0.3) is 5.91 Å². The highest BCUT2D eigenvalue weighted by Crippen LogP contribution is 2.31. The second kappa shape index (κ2) is 9.21. The molecular formula is C22H18ClNO5. The molecule has 1 N–H and O–H groups in total. The first kappa shape index (κ1) is 20.4. The number of carbonyl (C=O) groups excluding carboxylic acids is 3. The van der Waals surface area contributed by atoms with E-state index < -0.39 is 18.5 Å². The Labute approximate surface area is 172 Å².